The molecule has 1 aromatic rings. The first kappa shape index (κ1) is 16.1. The Morgan fingerprint density at radius 3 is 2.71 bits per heavy atom. The molecule has 6 nitrogen and oxygen atoms in total. The SMILES string of the molecule is CC1CCC(COc2ccc(C(=O)O)cc2S(=O)(=O)Cl)O1. The maximum absolute atomic E-state index is 11.5. The van der Waals surface area contributed by atoms with Crippen LogP contribution in [0.15, 0.2) is 23.1 Å². The summed E-state index contributed by atoms with van der Waals surface area (Å²) in [6, 6.07) is 3.54. The van der Waals surface area contributed by atoms with E-state index >= 15 is 0 Å². The van der Waals surface area contributed by atoms with Crippen LogP contribution in [0.4, 0.5) is 0 Å². The van der Waals surface area contributed by atoms with Gasteiger partial charge in [-0.15, -0.1) is 0 Å². The van der Waals surface area contributed by atoms with Crippen LogP contribution in [0.5, 0.6) is 5.75 Å². The molecule has 21 heavy (non-hydrogen) atoms. The number of aromatic carboxylic acids is 1. The predicted octanol–water partition coefficient (Wildman–Crippen LogP) is 2.26. The molecule has 0 spiro atoms. The van der Waals surface area contributed by atoms with Gasteiger partial charge in [0, 0.05) is 10.7 Å². The van der Waals surface area contributed by atoms with E-state index in [1.807, 2.05) is 6.92 Å². The van der Waals surface area contributed by atoms with E-state index in [-0.39, 0.29) is 35.0 Å². The zero-order valence-corrected chi connectivity index (χ0v) is 12.9. The van der Waals surface area contributed by atoms with Crippen molar-refractivity contribution in [1.82, 2.24) is 0 Å². The predicted molar refractivity (Wildman–Crippen MR) is 75.5 cm³/mol. The van der Waals surface area contributed by atoms with Gasteiger partial charge in [-0.2, -0.15) is 0 Å². The molecule has 0 aromatic heterocycles. The maximum atomic E-state index is 11.5. The number of carbonyl (C=O) groups is 1. The summed E-state index contributed by atoms with van der Waals surface area (Å²) in [5.41, 5.74) is -0.174. The van der Waals surface area contributed by atoms with Gasteiger partial charge < -0.3 is 14.6 Å². The van der Waals surface area contributed by atoms with Gasteiger partial charge in [0.2, 0.25) is 0 Å². The monoisotopic (exact) mass is 334 g/mol. The second-order valence-corrected chi connectivity index (χ2v) is 7.40. The highest BCUT2D eigenvalue weighted by atomic mass is 35.7. The third-order valence-electron chi connectivity index (χ3n) is 3.20. The molecule has 0 saturated carbocycles. The minimum absolute atomic E-state index is 0.0261. The number of rotatable bonds is 5. The first-order valence-electron chi connectivity index (χ1n) is 6.37. The molecule has 2 rings (SSSR count). The number of hydrogen-bond donors (Lipinski definition) is 1. The zero-order chi connectivity index (χ0) is 15.6. The summed E-state index contributed by atoms with van der Waals surface area (Å²) in [6.45, 7) is 2.15. The van der Waals surface area contributed by atoms with E-state index in [0.717, 1.165) is 18.9 Å². The summed E-state index contributed by atoms with van der Waals surface area (Å²) in [5, 5.41) is 8.90. The van der Waals surface area contributed by atoms with Crippen molar-refractivity contribution in [2.24, 2.45) is 0 Å². The van der Waals surface area contributed by atoms with Crippen LogP contribution >= 0.6 is 10.7 Å². The molecule has 116 valence electrons. The summed E-state index contributed by atoms with van der Waals surface area (Å²) < 4.78 is 34.1. The van der Waals surface area contributed by atoms with E-state index in [9.17, 15) is 13.2 Å². The molecule has 1 aliphatic rings. The van der Waals surface area contributed by atoms with Gasteiger partial charge in [0.1, 0.15) is 17.3 Å². The average molecular weight is 335 g/mol. The van der Waals surface area contributed by atoms with Crippen molar-refractivity contribution in [3.8, 4) is 5.75 Å². The quantitative estimate of drug-likeness (QED) is 0.831. The van der Waals surface area contributed by atoms with Crippen LogP contribution in [0, 0.1) is 0 Å². The summed E-state index contributed by atoms with van der Waals surface area (Å²) in [5.74, 6) is -1.21. The number of halogens is 1. The smallest absolute Gasteiger partial charge is 0.335 e. The van der Waals surface area contributed by atoms with Crippen LogP contribution in [-0.2, 0) is 13.8 Å². The van der Waals surface area contributed by atoms with Crippen LogP contribution in [0.2, 0.25) is 0 Å². The summed E-state index contributed by atoms with van der Waals surface area (Å²) in [4.78, 5) is 10.5. The Hall–Kier alpha value is -1.31. The number of ether oxygens (including phenoxy) is 2. The van der Waals surface area contributed by atoms with Crippen LogP contribution in [0.25, 0.3) is 0 Å². The van der Waals surface area contributed by atoms with Crippen LogP contribution in [0.1, 0.15) is 30.1 Å². The Morgan fingerprint density at radius 2 is 2.19 bits per heavy atom. The Morgan fingerprint density at radius 1 is 1.48 bits per heavy atom. The molecule has 1 aliphatic heterocycles. The first-order valence-corrected chi connectivity index (χ1v) is 8.68. The van der Waals surface area contributed by atoms with Gasteiger partial charge in [-0.05, 0) is 38.0 Å². The lowest BCUT2D eigenvalue weighted by molar-refractivity contribution is 0.0258. The zero-order valence-electron chi connectivity index (χ0n) is 11.3. The van der Waals surface area contributed by atoms with Crippen molar-refractivity contribution >= 4 is 25.7 Å². The lowest BCUT2D eigenvalue weighted by Gasteiger charge is -2.14. The molecule has 2 atom stereocenters. The highest BCUT2D eigenvalue weighted by Crippen LogP contribution is 2.29. The molecule has 1 fully saturated rings. The van der Waals surface area contributed by atoms with Gasteiger partial charge in [0.05, 0.1) is 17.8 Å². The Balaban J connectivity index is 2.20. The maximum Gasteiger partial charge on any atom is 0.335 e. The van der Waals surface area contributed by atoms with Gasteiger partial charge in [0.25, 0.3) is 9.05 Å². The summed E-state index contributed by atoms with van der Waals surface area (Å²) in [7, 11) is 1.22. The van der Waals surface area contributed by atoms with Gasteiger partial charge in [-0.1, -0.05) is 0 Å². The van der Waals surface area contributed by atoms with Gasteiger partial charge in [-0.3, -0.25) is 0 Å². The van der Waals surface area contributed by atoms with Crippen molar-refractivity contribution in [1.29, 1.82) is 0 Å². The average Bonchev–Trinajstić information content (AvgIpc) is 2.81. The highest BCUT2D eigenvalue weighted by molar-refractivity contribution is 8.13. The molecule has 1 heterocycles. The Bertz CT molecular complexity index is 642. The second-order valence-electron chi connectivity index (χ2n) is 4.86. The number of carboxylic acids is 1. The van der Waals surface area contributed by atoms with E-state index in [2.05, 4.69) is 0 Å². The molecular formula is C13H15ClO6S. The molecule has 0 amide bonds. The molecule has 0 radical (unpaired) electrons. The number of carboxylic acid groups (broad SMARTS) is 1. The third kappa shape index (κ3) is 4.09. The van der Waals surface area contributed by atoms with Crippen LogP contribution in [0.3, 0.4) is 0 Å². The molecular weight excluding hydrogens is 320 g/mol. The molecule has 1 N–H and O–H groups in total. The van der Waals surface area contributed by atoms with E-state index in [1.54, 1.807) is 0 Å². The molecule has 0 aliphatic carbocycles. The topological polar surface area (TPSA) is 89.9 Å². The van der Waals surface area contributed by atoms with Gasteiger partial charge in [0.15, 0.2) is 0 Å². The third-order valence-corrected chi connectivity index (χ3v) is 4.54. The molecule has 1 aromatic carbocycles. The molecule has 0 bridgehead atoms. The Kier molecular flexibility index (Phi) is 4.75. The lowest BCUT2D eigenvalue weighted by atomic mass is 10.2. The van der Waals surface area contributed by atoms with Crippen LogP contribution < -0.4 is 4.74 Å². The second kappa shape index (κ2) is 6.21. The van der Waals surface area contributed by atoms with E-state index in [4.69, 9.17) is 25.3 Å². The molecule has 2 unspecified atom stereocenters. The van der Waals surface area contributed by atoms with Crippen molar-refractivity contribution in [2.45, 2.75) is 36.9 Å². The highest BCUT2D eigenvalue weighted by Gasteiger charge is 2.24. The summed E-state index contributed by atoms with van der Waals surface area (Å²) >= 11 is 0. The van der Waals surface area contributed by atoms with Gasteiger partial charge in [-0.25, -0.2) is 13.2 Å². The largest absolute Gasteiger partial charge is 0.489 e. The van der Waals surface area contributed by atoms with E-state index < -0.39 is 15.0 Å². The standard InChI is InChI=1S/C13H15ClO6S/c1-8-2-4-10(20-8)7-19-11-5-3-9(13(15)16)6-12(11)21(14,17)18/h3,5-6,8,10H,2,4,7H2,1H3,(H,15,16). The van der Waals surface area contributed by atoms with Crippen LogP contribution in [-0.4, -0.2) is 38.3 Å². The summed E-state index contributed by atoms with van der Waals surface area (Å²) in [6.07, 6.45) is 1.80. The molecule has 8 heteroatoms. The van der Waals surface area contributed by atoms with Crippen molar-refractivity contribution in [3.63, 3.8) is 0 Å². The van der Waals surface area contributed by atoms with Gasteiger partial charge >= 0.3 is 5.97 Å². The fraction of sp³-hybridized carbons (Fsp3) is 0.462. The fourth-order valence-corrected chi connectivity index (χ4v) is 3.14. The Labute approximate surface area is 127 Å². The lowest BCUT2D eigenvalue weighted by Crippen LogP contribution is -2.18. The van der Waals surface area contributed by atoms with Crippen molar-refractivity contribution in [2.75, 3.05) is 6.61 Å². The van der Waals surface area contributed by atoms with E-state index in [0.29, 0.717) is 0 Å². The normalized spacial score (nSPS) is 22.2. The number of hydrogen-bond acceptors (Lipinski definition) is 5. The molecule has 1 saturated heterocycles. The minimum atomic E-state index is -4.10. The van der Waals surface area contributed by atoms with Crippen molar-refractivity contribution in [3.05, 3.63) is 23.8 Å². The minimum Gasteiger partial charge on any atom is -0.489 e. The fourth-order valence-electron chi connectivity index (χ4n) is 2.14. The number of benzene rings is 1. The van der Waals surface area contributed by atoms with Crippen molar-refractivity contribution < 1.29 is 27.8 Å². The first-order chi connectivity index (χ1) is 9.77. The van der Waals surface area contributed by atoms with E-state index in [1.165, 1.54) is 12.1 Å².